The number of amides is 1. The van der Waals surface area contributed by atoms with Gasteiger partial charge in [-0.2, -0.15) is 0 Å². The molecule has 2 aromatic heterocycles. The zero-order valence-electron chi connectivity index (χ0n) is 16.4. The second-order valence-corrected chi connectivity index (χ2v) is 7.35. The predicted molar refractivity (Wildman–Crippen MR) is 105 cm³/mol. The summed E-state index contributed by atoms with van der Waals surface area (Å²) in [7, 11) is 3.95. The lowest BCUT2D eigenvalue weighted by molar-refractivity contribution is -0.129. The number of aromatic nitrogens is 3. The van der Waals surface area contributed by atoms with Crippen molar-refractivity contribution in [3.05, 3.63) is 48.2 Å². The largest absolute Gasteiger partial charge is 0.363 e. The number of hydrogen-bond acceptors (Lipinski definition) is 6. The first-order valence-corrected chi connectivity index (χ1v) is 9.37. The van der Waals surface area contributed by atoms with Crippen LogP contribution in [0.25, 0.3) is 0 Å². The number of carbonyl (C=O) groups excluding carboxylic acids is 1. The van der Waals surface area contributed by atoms with E-state index in [4.69, 9.17) is 0 Å². The molecule has 7 heteroatoms. The Hall–Kier alpha value is -2.54. The Balaban J connectivity index is 1.74. The van der Waals surface area contributed by atoms with Gasteiger partial charge in [0.05, 0.1) is 5.69 Å². The fourth-order valence-electron chi connectivity index (χ4n) is 3.50. The van der Waals surface area contributed by atoms with E-state index < -0.39 is 0 Å². The first-order chi connectivity index (χ1) is 13.0. The maximum Gasteiger partial charge on any atom is 0.219 e. The van der Waals surface area contributed by atoms with Crippen LogP contribution in [0.2, 0.25) is 0 Å². The molecule has 0 N–H and O–H groups in total. The highest BCUT2D eigenvalue weighted by molar-refractivity contribution is 5.73. The molecule has 1 fully saturated rings. The van der Waals surface area contributed by atoms with E-state index >= 15 is 0 Å². The first-order valence-electron chi connectivity index (χ1n) is 9.37. The monoisotopic (exact) mass is 368 g/mol. The molecule has 0 aromatic carbocycles. The van der Waals surface area contributed by atoms with Gasteiger partial charge < -0.3 is 9.80 Å². The van der Waals surface area contributed by atoms with Crippen LogP contribution in [0.15, 0.2) is 36.8 Å². The quantitative estimate of drug-likeness (QED) is 0.796. The van der Waals surface area contributed by atoms with Crippen LogP contribution in [0.4, 0.5) is 5.82 Å². The Kier molecular flexibility index (Phi) is 6.34. The van der Waals surface area contributed by atoms with Crippen LogP contribution in [0.1, 0.15) is 18.3 Å². The number of anilines is 1. The van der Waals surface area contributed by atoms with Crippen molar-refractivity contribution in [3.63, 3.8) is 0 Å². The van der Waals surface area contributed by atoms with E-state index in [0.717, 1.165) is 56.4 Å². The molecule has 0 spiro atoms. The highest BCUT2D eigenvalue weighted by Gasteiger charge is 2.25. The zero-order chi connectivity index (χ0) is 19.2. The number of carbonyl (C=O) groups is 1. The van der Waals surface area contributed by atoms with Crippen molar-refractivity contribution in [1.82, 2.24) is 24.8 Å². The molecule has 3 heterocycles. The van der Waals surface area contributed by atoms with E-state index in [1.165, 1.54) is 0 Å². The van der Waals surface area contributed by atoms with Gasteiger partial charge >= 0.3 is 0 Å². The van der Waals surface area contributed by atoms with E-state index in [1.54, 1.807) is 13.3 Å². The summed E-state index contributed by atoms with van der Waals surface area (Å²) in [6.45, 7) is 5.75. The normalized spacial score (nSPS) is 18.2. The Bertz CT molecular complexity index is 751. The molecule has 1 amide bonds. The number of pyridine rings is 1. The van der Waals surface area contributed by atoms with Crippen LogP contribution < -0.4 is 4.90 Å². The number of nitrogens with zero attached hydrogens (tertiary/aromatic N) is 6. The summed E-state index contributed by atoms with van der Waals surface area (Å²) < 4.78 is 0. The molecular formula is C20H28N6O. The first kappa shape index (κ1) is 19.2. The van der Waals surface area contributed by atoms with Crippen molar-refractivity contribution in [2.45, 2.75) is 19.9 Å². The number of rotatable bonds is 5. The third-order valence-electron chi connectivity index (χ3n) is 4.90. The highest BCUT2D eigenvalue weighted by atomic mass is 16.2. The van der Waals surface area contributed by atoms with Crippen molar-refractivity contribution in [2.24, 2.45) is 5.92 Å². The molecule has 7 nitrogen and oxygen atoms in total. The summed E-state index contributed by atoms with van der Waals surface area (Å²) in [5.74, 6) is 1.36. The fourth-order valence-corrected chi connectivity index (χ4v) is 3.50. The van der Waals surface area contributed by atoms with Crippen LogP contribution in [-0.2, 0) is 17.8 Å². The molecule has 0 saturated carbocycles. The Morgan fingerprint density at radius 2 is 2.00 bits per heavy atom. The van der Waals surface area contributed by atoms with E-state index in [2.05, 4.69) is 25.9 Å². The molecule has 2 aromatic rings. The lowest BCUT2D eigenvalue weighted by Gasteiger charge is -2.24. The summed E-state index contributed by atoms with van der Waals surface area (Å²) in [4.78, 5) is 31.5. The molecule has 3 rings (SSSR count). The highest BCUT2D eigenvalue weighted by Crippen LogP contribution is 2.18. The minimum absolute atomic E-state index is 0.136. The minimum atomic E-state index is 0.136. The summed E-state index contributed by atoms with van der Waals surface area (Å²) in [6.07, 6.45) is 4.28. The average Bonchev–Trinajstić information content (AvgIpc) is 2.85. The molecule has 1 saturated heterocycles. The van der Waals surface area contributed by atoms with Gasteiger partial charge in [-0.05, 0) is 24.5 Å². The topological polar surface area (TPSA) is 65.5 Å². The summed E-state index contributed by atoms with van der Waals surface area (Å²) in [5.41, 5.74) is 2.08. The van der Waals surface area contributed by atoms with Crippen LogP contribution in [-0.4, -0.2) is 70.9 Å². The van der Waals surface area contributed by atoms with Crippen LogP contribution in [0.3, 0.4) is 0 Å². The van der Waals surface area contributed by atoms with E-state index in [-0.39, 0.29) is 5.91 Å². The molecule has 0 aliphatic carbocycles. The smallest absolute Gasteiger partial charge is 0.219 e. The second-order valence-electron chi connectivity index (χ2n) is 7.35. The van der Waals surface area contributed by atoms with Crippen LogP contribution in [0, 0.1) is 5.92 Å². The van der Waals surface area contributed by atoms with Gasteiger partial charge in [0.1, 0.15) is 12.1 Å². The summed E-state index contributed by atoms with van der Waals surface area (Å²) in [5, 5.41) is 0. The van der Waals surface area contributed by atoms with Crippen molar-refractivity contribution in [3.8, 4) is 0 Å². The number of hydrogen-bond donors (Lipinski definition) is 0. The van der Waals surface area contributed by atoms with Gasteiger partial charge in [0, 0.05) is 71.7 Å². The van der Waals surface area contributed by atoms with Gasteiger partial charge in [-0.3, -0.25) is 14.7 Å². The SMILES string of the molecule is CC(=O)N1CCN(Cc2ccccn2)C[C@@H](Cc2cc(N(C)C)ncn2)C1. The van der Waals surface area contributed by atoms with Gasteiger partial charge in [-0.25, -0.2) is 9.97 Å². The zero-order valence-corrected chi connectivity index (χ0v) is 16.4. The third kappa shape index (κ3) is 5.47. The van der Waals surface area contributed by atoms with Crippen LogP contribution >= 0.6 is 0 Å². The standard InChI is InChI=1S/C20H28N6O/c1-16(27)26-9-8-25(14-18-6-4-5-7-21-18)12-17(13-26)10-19-11-20(24(2)3)23-15-22-19/h4-7,11,15,17H,8-10,12-14H2,1-3H3/t17-/m1/s1. The molecular weight excluding hydrogens is 340 g/mol. The molecule has 1 aliphatic heterocycles. The maximum absolute atomic E-state index is 12.0. The average molecular weight is 368 g/mol. The molecule has 1 aliphatic rings. The third-order valence-corrected chi connectivity index (χ3v) is 4.90. The van der Waals surface area contributed by atoms with E-state index in [1.807, 2.05) is 48.3 Å². The van der Waals surface area contributed by atoms with Gasteiger partial charge in [0.15, 0.2) is 0 Å². The fraction of sp³-hybridized carbons (Fsp3) is 0.500. The van der Waals surface area contributed by atoms with Crippen molar-refractivity contribution < 1.29 is 4.79 Å². The Morgan fingerprint density at radius 1 is 1.15 bits per heavy atom. The lowest BCUT2D eigenvalue weighted by Crippen LogP contribution is -2.34. The molecule has 0 unspecified atom stereocenters. The molecule has 144 valence electrons. The maximum atomic E-state index is 12.0. The Labute approximate surface area is 161 Å². The molecule has 0 radical (unpaired) electrons. The lowest BCUT2D eigenvalue weighted by atomic mass is 10.0. The molecule has 27 heavy (non-hydrogen) atoms. The van der Waals surface area contributed by atoms with Gasteiger partial charge in [0.25, 0.3) is 0 Å². The van der Waals surface area contributed by atoms with Crippen molar-refractivity contribution in [1.29, 1.82) is 0 Å². The van der Waals surface area contributed by atoms with Gasteiger partial charge in [-0.15, -0.1) is 0 Å². The summed E-state index contributed by atoms with van der Waals surface area (Å²) >= 11 is 0. The van der Waals surface area contributed by atoms with E-state index in [0.29, 0.717) is 5.92 Å². The molecule has 0 bridgehead atoms. The van der Waals surface area contributed by atoms with Crippen molar-refractivity contribution in [2.75, 3.05) is 45.2 Å². The molecule has 1 atom stereocenters. The van der Waals surface area contributed by atoms with Crippen molar-refractivity contribution >= 4 is 11.7 Å². The predicted octanol–water partition coefficient (Wildman–Crippen LogP) is 1.46. The summed E-state index contributed by atoms with van der Waals surface area (Å²) in [6, 6.07) is 8.04. The van der Waals surface area contributed by atoms with Crippen LogP contribution in [0.5, 0.6) is 0 Å². The van der Waals surface area contributed by atoms with Gasteiger partial charge in [-0.1, -0.05) is 6.07 Å². The van der Waals surface area contributed by atoms with Gasteiger partial charge in [0.2, 0.25) is 5.91 Å². The Morgan fingerprint density at radius 3 is 2.70 bits per heavy atom. The minimum Gasteiger partial charge on any atom is -0.363 e. The second kappa shape index (κ2) is 8.90. The van der Waals surface area contributed by atoms with E-state index in [9.17, 15) is 4.79 Å².